The van der Waals surface area contributed by atoms with Crippen LogP contribution in [0.4, 0.5) is 4.39 Å². The molecule has 2 aromatic rings. The monoisotopic (exact) mass is 348 g/mol. The van der Waals surface area contributed by atoms with Crippen molar-refractivity contribution in [3.63, 3.8) is 0 Å². The molecular weight excluding hydrogens is 327 g/mol. The molecule has 2 N–H and O–H groups in total. The molecule has 0 aliphatic carbocycles. The number of rotatable bonds is 4. The first-order valence-electron chi connectivity index (χ1n) is 7.99. The lowest BCUT2D eigenvalue weighted by Crippen LogP contribution is -2.40. The Bertz CT molecular complexity index is 707. The van der Waals surface area contributed by atoms with Crippen molar-refractivity contribution in [1.29, 1.82) is 0 Å². The van der Waals surface area contributed by atoms with E-state index in [9.17, 15) is 9.18 Å². The zero-order valence-corrected chi connectivity index (χ0v) is 14.4. The van der Waals surface area contributed by atoms with Crippen LogP contribution in [0.2, 0.25) is 0 Å². The average Bonchev–Trinajstić information content (AvgIpc) is 2.59. The molecule has 1 amide bonds. The Kier molecular flexibility index (Phi) is 6.35. The highest BCUT2D eigenvalue weighted by molar-refractivity contribution is 5.85. The zero-order valence-electron chi connectivity index (χ0n) is 13.6. The maximum Gasteiger partial charge on any atom is 0.227 e. The molecule has 5 heteroatoms. The smallest absolute Gasteiger partial charge is 0.227 e. The minimum Gasteiger partial charge on any atom is -0.354 e. The van der Waals surface area contributed by atoms with Gasteiger partial charge in [-0.25, -0.2) is 4.39 Å². The summed E-state index contributed by atoms with van der Waals surface area (Å²) in [5.41, 5.74) is 3.28. The minimum absolute atomic E-state index is 0. The summed E-state index contributed by atoms with van der Waals surface area (Å²) in [6, 6.07) is 14.7. The van der Waals surface area contributed by atoms with Crippen LogP contribution in [0, 0.1) is 5.82 Å². The van der Waals surface area contributed by atoms with Crippen LogP contribution in [0.15, 0.2) is 48.5 Å². The molecule has 2 atom stereocenters. The van der Waals surface area contributed by atoms with Gasteiger partial charge in [-0.15, -0.1) is 12.4 Å². The van der Waals surface area contributed by atoms with Gasteiger partial charge in [0.25, 0.3) is 0 Å². The van der Waals surface area contributed by atoms with Crippen molar-refractivity contribution in [2.45, 2.75) is 25.3 Å². The number of carbonyl (C=O) groups excluding carboxylic acids is 1. The van der Waals surface area contributed by atoms with Gasteiger partial charge >= 0.3 is 0 Å². The number of amides is 1. The van der Waals surface area contributed by atoms with Gasteiger partial charge in [0.2, 0.25) is 5.91 Å². The topological polar surface area (TPSA) is 41.1 Å². The fourth-order valence-corrected chi connectivity index (χ4v) is 3.06. The van der Waals surface area contributed by atoms with E-state index >= 15 is 0 Å². The highest BCUT2D eigenvalue weighted by Crippen LogP contribution is 2.22. The number of hydrogen-bond acceptors (Lipinski definition) is 2. The first-order chi connectivity index (χ1) is 11.1. The summed E-state index contributed by atoms with van der Waals surface area (Å²) in [6.07, 6.45) is 1.01. The SMILES string of the molecule is CC(C(=O)NCC1NCCc2ccccc21)c1cccc(F)c1.Cl. The Balaban J connectivity index is 0.00000208. The van der Waals surface area contributed by atoms with E-state index in [1.54, 1.807) is 19.1 Å². The second-order valence-electron chi connectivity index (χ2n) is 5.98. The standard InChI is InChI=1S/C19H21FN2O.ClH/c1-13(15-6-4-7-16(20)11-15)19(23)22-12-18-17-8-3-2-5-14(17)9-10-21-18;/h2-8,11,13,18,21H,9-10,12H2,1H3,(H,22,23);1H. The van der Waals surface area contributed by atoms with Crippen molar-refractivity contribution >= 4 is 18.3 Å². The van der Waals surface area contributed by atoms with E-state index in [0.29, 0.717) is 12.1 Å². The number of halogens is 2. The molecule has 1 heterocycles. The number of hydrogen-bond donors (Lipinski definition) is 2. The van der Waals surface area contributed by atoms with Crippen molar-refractivity contribution in [3.8, 4) is 0 Å². The third-order valence-corrected chi connectivity index (χ3v) is 4.44. The molecule has 2 aromatic carbocycles. The van der Waals surface area contributed by atoms with Crippen molar-refractivity contribution in [1.82, 2.24) is 10.6 Å². The van der Waals surface area contributed by atoms with E-state index in [-0.39, 0.29) is 36.1 Å². The van der Waals surface area contributed by atoms with Crippen molar-refractivity contribution < 1.29 is 9.18 Å². The van der Waals surface area contributed by atoms with Crippen molar-refractivity contribution in [2.24, 2.45) is 0 Å². The summed E-state index contributed by atoms with van der Waals surface area (Å²) in [7, 11) is 0. The van der Waals surface area contributed by atoms with Gasteiger partial charge in [-0.05, 0) is 48.7 Å². The Morgan fingerprint density at radius 1 is 1.29 bits per heavy atom. The molecule has 1 aliphatic rings. The lowest BCUT2D eigenvalue weighted by Gasteiger charge is -2.27. The largest absolute Gasteiger partial charge is 0.354 e. The highest BCUT2D eigenvalue weighted by atomic mass is 35.5. The van der Waals surface area contributed by atoms with Gasteiger partial charge in [-0.3, -0.25) is 4.79 Å². The lowest BCUT2D eigenvalue weighted by atomic mass is 9.94. The van der Waals surface area contributed by atoms with Gasteiger partial charge in [0.05, 0.1) is 5.92 Å². The summed E-state index contributed by atoms with van der Waals surface area (Å²) in [5.74, 6) is -0.769. The number of benzene rings is 2. The maximum absolute atomic E-state index is 13.3. The molecule has 24 heavy (non-hydrogen) atoms. The molecule has 0 radical (unpaired) electrons. The molecule has 3 nitrogen and oxygen atoms in total. The average molecular weight is 349 g/mol. The third-order valence-electron chi connectivity index (χ3n) is 4.44. The van der Waals surface area contributed by atoms with E-state index in [4.69, 9.17) is 0 Å². The molecule has 0 fully saturated rings. The van der Waals surface area contributed by atoms with Crippen LogP contribution in [-0.2, 0) is 11.2 Å². The van der Waals surface area contributed by atoms with Gasteiger partial charge in [0.1, 0.15) is 5.82 Å². The summed E-state index contributed by atoms with van der Waals surface area (Å²) in [5, 5.41) is 6.43. The molecule has 1 aliphatic heterocycles. The number of fused-ring (bicyclic) bond motifs is 1. The normalized spacial score (nSPS) is 17.3. The van der Waals surface area contributed by atoms with Gasteiger partial charge in [-0.1, -0.05) is 36.4 Å². The first kappa shape index (κ1) is 18.4. The van der Waals surface area contributed by atoms with Gasteiger partial charge < -0.3 is 10.6 Å². The second-order valence-corrected chi connectivity index (χ2v) is 5.98. The van der Waals surface area contributed by atoms with Crippen LogP contribution in [-0.4, -0.2) is 19.0 Å². The van der Waals surface area contributed by atoms with E-state index in [0.717, 1.165) is 13.0 Å². The van der Waals surface area contributed by atoms with Crippen LogP contribution in [0.3, 0.4) is 0 Å². The summed E-state index contributed by atoms with van der Waals surface area (Å²) in [6.45, 7) is 3.25. The maximum atomic E-state index is 13.3. The molecule has 0 aromatic heterocycles. The molecule has 128 valence electrons. The summed E-state index contributed by atoms with van der Waals surface area (Å²) in [4.78, 5) is 12.3. The van der Waals surface area contributed by atoms with Gasteiger partial charge in [0, 0.05) is 12.6 Å². The van der Waals surface area contributed by atoms with E-state index in [1.165, 1.54) is 23.3 Å². The summed E-state index contributed by atoms with van der Waals surface area (Å²) >= 11 is 0. The molecule has 0 spiro atoms. The molecular formula is C19H22ClFN2O. The Hall–Kier alpha value is -1.91. The van der Waals surface area contributed by atoms with Crippen LogP contribution in [0.1, 0.15) is 35.6 Å². The predicted molar refractivity (Wildman–Crippen MR) is 96.0 cm³/mol. The Labute approximate surface area is 148 Å². The third kappa shape index (κ3) is 4.13. The minimum atomic E-state index is -0.371. The van der Waals surface area contributed by atoms with Gasteiger partial charge in [0.15, 0.2) is 0 Å². The van der Waals surface area contributed by atoms with E-state index in [2.05, 4.69) is 22.8 Å². The molecule has 0 saturated carbocycles. The summed E-state index contributed by atoms with van der Waals surface area (Å²) < 4.78 is 13.3. The predicted octanol–water partition coefficient (Wildman–Crippen LogP) is 3.35. The van der Waals surface area contributed by atoms with Crippen molar-refractivity contribution in [3.05, 3.63) is 71.0 Å². The first-order valence-corrected chi connectivity index (χ1v) is 7.99. The van der Waals surface area contributed by atoms with Crippen LogP contribution < -0.4 is 10.6 Å². The highest BCUT2D eigenvalue weighted by Gasteiger charge is 2.21. The number of carbonyl (C=O) groups is 1. The van der Waals surface area contributed by atoms with Crippen LogP contribution in [0.25, 0.3) is 0 Å². The molecule has 0 saturated heterocycles. The lowest BCUT2D eigenvalue weighted by molar-refractivity contribution is -0.122. The van der Waals surface area contributed by atoms with Crippen molar-refractivity contribution in [2.75, 3.05) is 13.1 Å². The van der Waals surface area contributed by atoms with Gasteiger partial charge in [-0.2, -0.15) is 0 Å². The second kappa shape index (κ2) is 8.27. The Morgan fingerprint density at radius 3 is 2.88 bits per heavy atom. The van der Waals surface area contributed by atoms with E-state index in [1.807, 2.05) is 12.1 Å². The molecule has 0 bridgehead atoms. The fraction of sp³-hybridized carbons (Fsp3) is 0.316. The van der Waals surface area contributed by atoms with Crippen LogP contribution in [0.5, 0.6) is 0 Å². The Morgan fingerprint density at radius 2 is 2.08 bits per heavy atom. The zero-order chi connectivity index (χ0) is 16.2. The van der Waals surface area contributed by atoms with E-state index < -0.39 is 0 Å². The van der Waals surface area contributed by atoms with Crippen LogP contribution >= 0.6 is 12.4 Å². The fourth-order valence-electron chi connectivity index (χ4n) is 3.06. The molecule has 3 rings (SSSR count). The quantitative estimate of drug-likeness (QED) is 0.889. The molecule has 2 unspecified atom stereocenters. The number of nitrogens with one attached hydrogen (secondary N) is 2.